The number of hydrogen-bond donors (Lipinski definition) is 16. The molecule has 16 N–H and O–H groups in total. The fourth-order valence-electron chi connectivity index (χ4n) is 7.49. The second-order valence-electron chi connectivity index (χ2n) is 14.5. The smallest absolute Gasteiger partial charge is 0.507 e. The highest BCUT2D eigenvalue weighted by Crippen LogP contribution is 2.71. The second-order valence-corrected chi connectivity index (χ2v) is 27.4. The number of rotatable bonds is 12. The van der Waals surface area contributed by atoms with E-state index in [9.17, 15) is 116 Å². The van der Waals surface area contributed by atoms with Gasteiger partial charge in [-0.3, -0.25) is 18.3 Å². The maximum Gasteiger partial charge on any atom is 0.569 e. The molecule has 24 nitrogen and oxygen atoms in total. The summed E-state index contributed by atoms with van der Waals surface area (Å²) in [7, 11) is -37.7. The van der Waals surface area contributed by atoms with Crippen LogP contribution >= 0.6 is 62.5 Å². The summed E-state index contributed by atoms with van der Waals surface area (Å²) in [6.07, 6.45) is -3.51. The molecule has 344 valence electrons. The fourth-order valence-corrected chi connectivity index (χ4v) is 15.7. The van der Waals surface area contributed by atoms with E-state index >= 15 is 0 Å². The summed E-state index contributed by atoms with van der Waals surface area (Å²) in [6.45, 7) is 0. The van der Waals surface area contributed by atoms with E-state index in [0.29, 0.717) is 24.3 Å². The van der Waals surface area contributed by atoms with Gasteiger partial charge < -0.3 is 59.6 Å². The van der Waals surface area contributed by atoms with Gasteiger partial charge in [0.1, 0.15) is 23.0 Å². The Labute approximate surface area is 362 Å². The van der Waals surface area contributed by atoms with Crippen molar-refractivity contribution >= 4 is 62.5 Å². The number of benzene rings is 4. The van der Waals surface area contributed by atoms with E-state index in [4.69, 9.17) is 0 Å². The highest BCUT2D eigenvalue weighted by molar-refractivity contribution is 7.70. The highest BCUT2D eigenvalue weighted by Gasteiger charge is 2.52. The van der Waals surface area contributed by atoms with Gasteiger partial charge in [-0.15, -0.1) is 0 Å². The molecular formula is C32H36O24P8+4. The van der Waals surface area contributed by atoms with Crippen molar-refractivity contribution in [2.75, 3.05) is 0 Å². The molecule has 0 aromatic heterocycles. The Hall–Kier alpha value is -3.08. The number of hydrogen-bond acceptors (Lipinski definition) is 12. The third-order valence-electron chi connectivity index (χ3n) is 9.99. The van der Waals surface area contributed by atoms with Crippen molar-refractivity contribution in [3.05, 3.63) is 115 Å². The molecule has 0 amide bonds. The van der Waals surface area contributed by atoms with Gasteiger partial charge in [0.25, 0.3) is 0 Å². The van der Waals surface area contributed by atoms with Crippen LogP contribution in [-0.2, 0) is 62.2 Å². The molecule has 0 aliphatic heterocycles. The van der Waals surface area contributed by atoms with Crippen molar-refractivity contribution in [1.82, 2.24) is 0 Å². The maximum atomic E-state index is 12.6. The third kappa shape index (κ3) is 11.2. The predicted octanol–water partition coefficient (Wildman–Crippen LogP) is 4.83. The number of fused-ring (bicyclic) bond motifs is 8. The second kappa shape index (κ2) is 18.9. The number of phenols is 4. The Morgan fingerprint density at radius 1 is 0.344 bits per heavy atom. The van der Waals surface area contributed by atoms with Gasteiger partial charge >= 0.3 is 73.3 Å². The van der Waals surface area contributed by atoms with Crippen LogP contribution in [0.4, 0.5) is 0 Å². The van der Waals surface area contributed by atoms with E-state index in [1.165, 1.54) is 0 Å². The van der Waals surface area contributed by atoms with Gasteiger partial charge in [0.2, 0.25) is 0 Å². The number of aromatic hydroxyl groups is 4. The lowest BCUT2D eigenvalue weighted by Gasteiger charge is -2.24. The Balaban J connectivity index is 2.01. The first-order chi connectivity index (χ1) is 29.2. The molecule has 1 aliphatic carbocycles. The SMILES string of the molecule is O=[P+](O)C(c1cc2c(O)c(c1)Cc1cc(C(P(=O)(O)O)P(=O)(O)O)cc(c1O)Cc1cc(C([P+](=O)O)[P+](=O)O)cc(c1O)Cc1cc(C(P(=O)(O)O)P(=O)(O)O)cc(c1O)C2)[P+](=O)O. The van der Waals surface area contributed by atoms with Crippen LogP contribution in [0, 0.1) is 0 Å². The maximum absolute atomic E-state index is 12.6. The Kier molecular flexibility index (Phi) is 15.3. The summed E-state index contributed by atoms with van der Waals surface area (Å²) in [5.41, 5.74) is -6.67. The van der Waals surface area contributed by atoms with Crippen LogP contribution in [0.3, 0.4) is 0 Å². The van der Waals surface area contributed by atoms with Crippen LogP contribution in [0.1, 0.15) is 88.4 Å². The summed E-state index contributed by atoms with van der Waals surface area (Å²) < 4.78 is 100. The molecule has 1 aliphatic rings. The topological polar surface area (TPSA) is 460 Å². The Morgan fingerprint density at radius 3 is 0.641 bits per heavy atom. The molecular weight excluding hydrogens is 1020 g/mol. The lowest BCUT2D eigenvalue weighted by atomic mass is 9.89. The first-order valence-electron chi connectivity index (χ1n) is 17.4. The van der Waals surface area contributed by atoms with Crippen LogP contribution in [0.25, 0.3) is 0 Å². The molecule has 0 spiro atoms. The molecule has 0 saturated carbocycles. The van der Waals surface area contributed by atoms with Crippen molar-refractivity contribution in [1.29, 1.82) is 0 Å². The van der Waals surface area contributed by atoms with Gasteiger partial charge in [-0.25, -0.2) is 0 Å². The zero-order valence-corrected chi connectivity index (χ0v) is 38.9. The fraction of sp³-hybridized carbons (Fsp3) is 0.250. The summed E-state index contributed by atoms with van der Waals surface area (Å²) >= 11 is 0. The van der Waals surface area contributed by atoms with E-state index in [0.717, 1.165) is 24.3 Å². The summed E-state index contributed by atoms with van der Waals surface area (Å²) in [5.74, 6) is -3.45. The van der Waals surface area contributed by atoms with Crippen molar-refractivity contribution in [2.24, 2.45) is 0 Å². The molecule has 5 rings (SSSR count). The average molecular weight is 1050 g/mol. The van der Waals surface area contributed by atoms with Crippen LogP contribution in [0.2, 0.25) is 0 Å². The summed E-state index contributed by atoms with van der Waals surface area (Å²) in [4.78, 5) is 121. The minimum absolute atomic E-state index is 0.465. The Morgan fingerprint density at radius 2 is 0.500 bits per heavy atom. The molecule has 4 unspecified atom stereocenters. The zero-order valence-electron chi connectivity index (χ0n) is 31.8. The van der Waals surface area contributed by atoms with Gasteiger partial charge in [-0.2, -0.15) is 19.6 Å². The van der Waals surface area contributed by atoms with Gasteiger partial charge in [0.15, 0.2) is 10.8 Å². The molecule has 0 saturated heterocycles. The molecule has 0 heterocycles. The third-order valence-corrected chi connectivity index (χ3v) is 22.6. The molecule has 4 aromatic carbocycles. The van der Waals surface area contributed by atoms with Crippen molar-refractivity contribution in [3.63, 3.8) is 0 Å². The van der Waals surface area contributed by atoms with Crippen LogP contribution < -0.4 is 0 Å². The molecule has 4 atom stereocenters. The lowest BCUT2D eigenvalue weighted by Crippen LogP contribution is -2.08. The summed E-state index contributed by atoms with van der Waals surface area (Å²) in [6, 6.07) is 6.30. The first-order valence-corrected chi connectivity index (χ1v) is 29.3. The Bertz CT molecular complexity index is 2480. The normalized spacial score (nSPS) is 15.7. The molecule has 0 fully saturated rings. The molecule has 8 bridgehead atoms. The monoisotopic (exact) mass is 1050 g/mol. The van der Waals surface area contributed by atoms with Gasteiger partial charge in [0.05, 0.1) is 11.1 Å². The largest absolute Gasteiger partial charge is 0.569 e. The minimum Gasteiger partial charge on any atom is -0.507 e. The molecule has 32 heteroatoms. The van der Waals surface area contributed by atoms with Crippen molar-refractivity contribution < 1.29 is 116 Å². The predicted molar refractivity (Wildman–Crippen MR) is 222 cm³/mol. The van der Waals surface area contributed by atoms with Crippen LogP contribution in [0.5, 0.6) is 23.0 Å². The highest BCUT2D eigenvalue weighted by atomic mass is 31.2. The molecule has 0 radical (unpaired) electrons. The van der Waals surface area contributed by atoms with Gasteiger partial charge in [-0.05, 0) is 98.2 Å². The average Bonchev–Trinajstić information content (AvgIpc) is 3.09. The summed E-state index contributed by atoms with van der Waals surface area (Å²) in [5, 5.41) is 36.8. The van der Waals surface area contributed by atoms with E-state index in [1.807, 2.05) is 0 Å². The molecule has 4 aromatic rings. The van der Waals surface area contributed by atoms with Crippen molar-refractivity contribution in [2.45, 2.75) is 47.3 Å². The van der Waals surface area contributed by atoms with Crippen LogP contribution in [-0.4, -0.2) is 79.1 Å². The van der Waals surface area contributed by atoms with Gasteiger partial charge in [0, 0.05) is 25.7 Å². The minimum atomic E-state index is -5.84. The molecule has 64 heavy (non-hydrogen) atoms. The first kappa shape index (κ1) is 51.9. The zero-order chi connectivity index (χ0) is 48.3. The van der Waals surface area contributed by atoms with E-state index in [2.05, 4.69) is 0 Å². The van der Waals surface area contributed by atoms with E-state index in [-0.39, 0.29) is 0 Å². The van der Waals surface area contributed by atoms with Gasteiger partial charge in [-0.1, -0.05) is 24.3 Å². The lowest BCUT2D eigenvalue weighted by molar-refractivity contribution is 0.335. The number of phenolic OH excluding ortho intramolecular Hbond substituents is 4. The van der Waals surface area contributed by atoms with E-state index in [1.54, 1.807) is 0 Å². The quantitative estimate of drug-likeness (QED) is 0.0744. The van der Waals surface area contributed by atoms with E-state index < -0.39 is 200 Å². The van der Waals surface area contributed by atoms with Crippen LogP contribution in [0.15, 0.2) is 48.5 Å². The standard InChI is InChI=1S/C32H32O24P8/c33-25-13-1-17-9-23(31(61(45,46)47)62(48,49)50)10-18(27(17)35)3-15-7-22(30(59(41)42)60(43)44)8-16(26(15)34)4-20-12-24(32(63(51,52)53)64(54,55)56)11-19(28(20)36)2-14(25)6-21(5-13)29(57(37)38)58(39)40/h5-12,29-32H,1-4H2,(H12-4,33,34,35,36,37,38,39,40,41,42,43,44,45,46,47,48,49,50,51,52,53,54,55,56)/p+4. The van der Waals surface area contributed by atoms with Crippen molar-refractivity contribution in [3.8, 4) is 23.0 Å².